The van der Waals surface area contributed by atoms with E-state index in [1.54, 1.807) is 7.11 Å². The number of ether oxygens (including phenoxy) is 1. The second kappa shape index (κ2) is 3.86. The second-order valence-electron chi connectivity index (χ2n) is 3.69. The Morgan fingerprint density at radius 2 is 1.87 bits per heavy atom. The van der Waals surface area contributed by atoms with Crippen LogP contribution in [0.15, 0.2) is 28.7 Å². The molecule has 1 nitrogen and oxygen atoms in total. The van der Waals surface area contributed by atoms with Gasteiger partial charge in [-0.25, -0.2) is 0 Å². The zero-order chi connectivity index (χ0) is 11.0. The standard InChI is InChI=1S/C13H13BrO/c1-8-7-11-10(5-4-6-12(11)14)9(2)13(8)15-3/h4-7H,1-3H3. The largest absolute Gasteiger partial charge is 0.496 e. The smallest absolute Gasteiger partial charge is 0.125 e. The van der Waals surface area contributed by atoms with Crippen LogP contribution in [0.2, 0.25) is 0 Å². The number of hydrogen-bond acceptors (Lipinski definition) is 1. The summed E-state index contributed by atoms with van der Waals surface area (Å²) in [6, 6.07) is 8.39. The molecule has 0 aliphatic rings. The van der Waals surface area contributed by atoms with Gasteiger partial charge in [0.25, 0.3) is 0 Å². The van der Waals surface area contributed by atoms with Crippen LogP contribution in [0.1, 0.15) is 11.1 Å². The number of fused-ring (bicyclic) bond motifs is 1. The lowest BCUT2D eigenvalue weighted by molar-refractivity contribution is 0.409. The van der Waals surface area contributed by atoms with Gasteiger partial charge in [-0.05, 0) is 47.9 Å². The molecule has 0 saturated carbocycles. The summed E-state index contributed by atoms with van der Waals surface area (Å²) in [4.78, 5) is 0. The molecule has 0 saturated heterocycles. The van der Waals surface area contributed by atoms with Crippen LogP contribution in [0.25, 0.3) is 10.8 Å². The highest BCUT2D eigenvalue weighted by molar-refractivity contribution is 9.10. The molecule has 0 aliphatic heterocycles. The number of methoxy groups -OCH3 is 1. The predicted molar refractivity (Wildman–Crippen MR) is 67.7 cm³/mol. The number of rotatable bonds is 1. The van der Waals surface area contributed by atoms with Crippen molar-refractivity contribution in [2.75, 3.05) is 7.11 Å². The Morgan fingerprint density at radius 1 is 1.13 bits per heavy atom. The third-order valence-corrected chi connectivity index (χ3v) is 3.41. The van der Waals surface area contributed by atoms with E-state index < -0.39 is 0 Å². The van der Waals surface area contributed by atoms with Crippen molar-refractivity contribution in [3.05, 3.63) is 39.9 Å². The van der Waals surface area contributed by atoms with Crippen LogP contribution in [0.3, 0.4) is 0 Å². The molecule has 2 heteroatoms. The zero-order valence-electron chi connectivity index (χ0n) is 9.10. The maximum absolute atomic E-state index is 5.41. The van der Waals surface area contributed by atoms with Crippen LogP contribution in [0.5, 0.6) is 5.75 Å². The lowest BCUT2D eigenvalue weighted by Crippen LogP contribution is -1.92. The topological polar surface area (TPSA) is 9.23 Å². The van der Waals surface area contributed by atoms with Crippen molar-refractivity contribution in [3.8, 4) is 5.75 Å². The molecule has 2 aromatic carbocycles. The lowest BCUT2D eigenvalue weighted by Gasteiger charge is -2.12. The van der Waals surface area contributed by atoms with Crippen LogP contribution in [-0.4, -0.2) is 7.11 Å². The number of aryl methyl sites for hydroxylation is 2. The van der Waals surface area contributed by atoms with Gasteiger partial charge in [0.1, 0.15) is 5.75 Å². The lowest BCUT2D eigenvalue weighted by atomic mass is 10.0. The highest BCUT2D eigenvalue weighted by Crippen LogP contribution is 2.34. The quantitative estimate of drug-likeness (QED) is 0.749. The monoisotopic (exact) mass is 264 g/mol. The van der Waals surface area contributed by atoms with Crippen molar-refractivity contribution in [2.45, 2.75) is 13.8 Å². The van der Waals surface area contributed by atoms with Gasteiger partial charge in [0.2, 0.25) is 0 Å². The molecule has 2 rings (SSSR count). The highest BCUT2D eigenvalue weighted by Gasteiger charge is 2.09. The van der Waals surface area contributed by atoms with Crippen LogP contribution < -0.4 is 4.74 Å². The minimum absolute atomic E-state index is 0.987. The Morgan fingerprint density at radius 3 is 2.53 bits per heavy atom. The predicted octanol–water partition coefficient (Wildman–Crippen LogP) is 4.23. The third-order valence-electron chi connectivity index (χ3n) is 2.72. The summed E-state index contributed by atoms with van der Waals surface area (Å²) in [6.07, 6.45) is 0. The number of halogens is 1. The summed E-state index contributed by atoms with van der Waals surface area (Å²) < 4.78 is 6.54. The molecule has 15 heavy (non-hydrogen) atoms. The van der Waals surface area contributed by atoms with Crippen molar-refractivity contribution in [1.29, 1.82) is 0 Å². The van der Waals surface area contributed by atoms with Crippen LogP contribution >= 0.6 is 15.9 Å². The van der Waals surface area contributed by atoms with Crippen LogP contribution in [0, 0.1) is 13.8 Å². The molecule has 2 aromatic rings. The highest BCUT2D eigenvalue weighted by atomic mass is 79.9. The molecular weight excluding hydrogens is 252 g/mol. The van der Waals surface area contributed by atoms with E-state index in [2.05, 4.69) is 48.0 Å². The van der Waals surface area contributed by atoms with E-state index in [1.807, 2.05) is 6.07 Å². The minimum Gasteiger partial charge on any atom is -0.496 e. The van der Waals surface area contributed by atoms with Gasteiger partial charge in [0.15, 0.2) is 0 Å². The average molecular weight is 265 g/mol. The summed E-state index contributed by atoms with van der Waals surface area (Å²) in [5.41, 5.74) is 2.38. The average Bonchev–Trinajstić information content (AvgIpc) is 2.20. The molecule has 0 unspecified atom stereocenters. The van der Waals surface area contributed by atoms with E-state index in [4.69, 9.17) is 4.74 Å². The molecule has 0 fully saturated rings. The van der Waals surface area contributed by atoms with Gasteiger partial charge < -0.3 is 4.74 Å². The minimum atomic E-state index is 0.987. The molecule has 0 radical (unpaired) electrons. The Labute approximate surface area is 98.2 Å². The second-order valence-corrected chi connectivity index (χ2v) is 4.54. The number of benzene rings is 2. The van der Waals surface area contributed by atoms with Crippen molar-refractivity contribution in [2.24, 2.45) is 0 Å². The summed E-state index contributed by atoms with van der Waals surface area (Å²) in [6.45, 7) is 4.17. The summed E-state index contributed by atoms with van der Waals surface area (Å²) >= 11 is 3.57. The fraction of sp³-hybridized carbons (Fsp3) is 0.231. The fourth-order valence-electron chi connectivity index (χ4n) is 2.02. The first-order valence-corrected chi connectivity index (χ1v) is 5.67. The first-order chi connectivity index (χ1) is 7.15. The molecule has 0 heterocycles. The van der Waals surface area contributed by atoms with Gasteiger partial charge in [-0.3, -0.25) is 0 Å². The first kappa shape index (κ1) is 10.5. The first-order valence-electron chi connectivity index (χ1n) is 4.87. The van der Waals surface area contributed by atoms with Crippen LogP contribution in [-0.2, 0) is 0 Å². The summed E-state index contributed by atoms with van der Waals surface area (Å²) in [5, 5.41) is 2.49. The van der Waals surface area contributed by atoms with Crippen molar-refractivity contribution >= 4 is 26.7 Å². The van der Waals surface area contributed by atoms with E-state index in [0.717, 1.165) is 10.2 Å². The third kappa shape index (κ3) is 1.63. The van der Waals surface area contributed by atoms with Crippen molar-refractivity contribution < 1.29 is 4.74 Å². The molecular formula is C13H13BrO. The molecule has 0 aliphatic carbocycles. The van der Waals surface area contributed by atoms with E-state index in [0.29, 0.717) is 0 Å². The normalized spacial score (nSPS) is 10.7. The van der Waals surface area contributed by atoms with Gasteiger partial charge in [0, 0.05) is 4.47 Å². The number of hydrogen-bond donors (Lipinski definition) is 0. The van der Waals surface area contributed by atoms with Gasteiger partial charge in [0.05, 0.1) is 7.11 Å². The van der Waals surface area contributed by atoms with Gasteiger partial charge in [-0.15, -0.1) is 0 Å². The molecule has 0 amide bonds. The van der Waals surface area contributed by atoms with Crippen molar-refractivity contribution in [3.63, 3.8) is 0 Å². The molecule has 78 valence electrons. The van der Waals surface area contributed by atoms with Crippen LogP contribution in [0.4, 0.5) is 0 Å². The summed E-state index contributed by atoms with van der Waals surface area (Å²) in [7, 11) is 1.72. The van der Waals surface area contributed by atoms with Gasteiger partial charge in [-0.2, -0.15) is 0 Å². The molecule has 0 N–H and O–H groups in total. The maximum atomic E-state index is 5.41. The molecule has 0 spiro atoms. The van der Waals surface area contributed by atoms with E-state index >= 15 is 0 Å². The maximum Gasteiger partial charge on any atom is 0.125 e. The Kier molecular flexibility index (Phi) is 2.70. The zero-order valence-corrected chi connectivity index (χ0v) is 10.7. The van der Waals surface area contributed by atoms with Crippen molar-refractivity contribution in [1.82, 2.24) is 0 Å². The molecule has 0 aromatic heterocycles. The van der Waals surface area contributed by atoms with E-state index in [1.165, 1.54) is 21.9 Å². The SMILES string of the molecule is COc1c(C)cc2c(Br)cccc2c1C. The van der Waals surface area contributed by atoms with E-state index in [-0.39, 0.29) is 0 Å². The Hall–Kier alpha value is -1.02. The Balaban J connectivity index is 2.91. The summed E-state index contributed by atoms with van der Waals surface area (Å²) in [5.74, 6) is 0.987. The molecule has 0 bridgehead atoms. The Bertz CT molecular complexity index is 517. The van der Waals surface area contributed by atoms with Gasteiger partial charge >= 0.3 is 0 Å². The van der Waals surface area contributed by atoms with E-state index in [9.17, 15) is 0 Å². The van der Waals surface area contributed by atoms with Gasteiger partial charge in [-0.1, -0.05) is 28.1 Å². The fourth-order valence-corrected chi connectivity index (χ4v) is 2.51. The molecule has 0 atom stereocenters.